The molecule has 0 atom stereocenters. The first kappa shape index (κ1) is 39.8. The number of unbranched alkanes of at least 4 members (excludes halogenated alkanes) is 6. The zero-order chi connectivity index (χ0) is 36.9. The van der Waals surface area contributed by atoms with Crippen molar-refractivity contribution < 1.29 is 56.8 Å². The van der Waals surface area contributed by atoms with Gasteiger partial charge in [-0.3, -0.25) is 14.4 Å². The predicted molar refractivity (Wildman–Crippen MR) is 186 cm³/mol. The molecule has 0 aliphatic heterocycles. The van der Waals surface area contributed by atoms with Gasteiger partial charge in [-0.1, -0.05) is 49.9 Å². The van der Waals surface area contributed by atoms with E-state index in [4.69, 9.17) is 32.8 Å². The van der Waals surface area contributed by atoms with E-state index in [2.05, 4.69) is 0 Å². The van der Waals surface area contributed by atoms with Gasteiger partial charge < -0.3 is 32.8 Å². The van der Waals surface area contributed by atoms with Crippen LogP contribution < -0.4 is 9.47 Å². The van der Waals surface area contributed by atoms with Gasteiger partial charge in [0.15, 0.2) is 28.6 Å². The topological polar surface area (TPSA) is 154 Å². The number of carbonyl (C=O) groups excluding carboxylic acids is 5. The minimum atomic E-state index is -0.967. The lowest BCUT2D eigenvalue weighted by Crippen LogP contribution is -2.23. The van der Waals surface area contributed by atoms with Gasteiger partial charge in [-0.2, -0.15) is 0 Å². The van der Waals surface area contributed by atoms with Crippen LogP contribution in [0.25, 0.3) is 21.7 Å². The predicted octanol–water partition coefficient (Wildman–Crippen LogP) is 9.40. The van der Waals surface area contributed by atoms with Crippen LogP contribution in [0.1, 0.15) is 123 Å². The number of ether oxygens (including phenoxy) is 6. The van der Waals surface area contributed by atoms with Crippen molar-refractivity contribution in [2.24, 2.45) is 0 Å². The van der Waals surface area contributed by atoms with Gasteiger partial charge in [-0.15, -0.1) is 0 Å². The third-order valence-electron chi connectivity index (χ3n) is 7.15. The number of rotatable bonds is 17. The number of benzene rings is 2. The minimum Gasteiger partial charge on any atom is -0.460 e. The Kier molecular flexibility index (Phi) is 14.7. The van der Waals surface area contributed by atoms with Crippen LogP contribution in [0.2, 0.25) is 0 Å². The highest BCUT2D eigenvalue weighted by Crippen LogP contribution is 2.44. The Morgan fingerprint density at radius 3 is 1.50 bits per heavy atom. The fourth-order valence-corrected chi connectivity index (χ4v) is 5.03. The molecule has 0 aliphatic carbocycles. The first-order valence-electron chi connectivity index (χ1n) is 17.2. The quantitative estimate of drug-likeness (QED) is 0.0434. The number of hydrogen-bond acceptors (Lipinski definition) is 12. The summed E-state index contributed by atoms with van der Waals surface area (Å²) in [6.07, 6.45) is 4.21. The van der Waals surface area contributed by atoms with E-state index in [1.54, 1.807) is 24.3 Å². The molecule has 12 nitrogen and oxygen atoms in total. The second kappa shape index (κ2) is 18.4. The van der Waals surface area contributed by atoms with Crippen LogP contribution in [-0.2, 0) is 28.5 Å². The van der Waals surface area contributed by atoms with Crippen molar-refractivity contribution in [2.75, 3.05) is 13.2 Å². The summed E-state index contributed by atoms with van der Waals surface area (Å²) >= 11 is 0. The van der Waals surface area contributed by atoms with Crippen molar-refractivity contribution in [3.8, 4) is 11.5 Å². The van der Waals surface area contributed by atoms with E-state index in [0.717, 1.165) is 25.7 Å². The van der Waals surface area contributed by atoms with Crippen LogP contribution in [0, 0.1) is 0 Å². The van der Waals surface area contributed by atoms with Crippen molar-refractivity contribution in [2.45, 2.75) is 124 Å². The normalized spacial score (nSPS) is 11.7. The first-order chi connectivity index (χ1) is 23.5. The molecule has 1 heterocycles. The van der Waals surface area contributed by atoms with Crippen molar-refractivity contribution >= 4 is 51.8 Å². The second-order valence-corrected chi connectivity index (χ2v) is 14.0. The fourth-order valence-electron chi connectivity index (χ4n) is 5.03. The molecule has 0 amide bonds. The van der Waals surface area contributed by atoms with E-state index in [9.17, 15) is 24.0 Å². The number of carbonyl (C=O) groups is 5. The highest BCUT2D eigenvalue weighted by molar-refractivity contribution is 6.12. The highest BCUT2D eigenvalue weighted by atomic mass is 16.7. The first-order valence-corrected chi connectivity index (χ1v) is 17.2. The van der Waals surface area contributed by atoms with Gasteiger partial charge in [0.1, 0.15) is 11.2 Å². The molecule has 0 aliphatic rings. The number of ketones is 1. The zero-order valence-electron chi connectivity index (χ0n) is 30.3. The lowest BCUT2D eigenvalue weighted by molar-refractivity contribution is -0.156. The summed E-state index contributed by atoms with van der Waals surface area (Å²) in [5, 5.41) is 1.04. The summed E-state index contributed by atoms with van der Waals surface area (Å²) in [5.74, 6) is -0.791. The molecule has 0 spiro atoms. The number of fused-ring (bicyclic) bond motifs is 2. The Labute approximate surface area is 293 Å². The Balaban J connectivity index is 1.59. The number of furan rings is 1. The van der Waals surface area contributed by atoms with Crippen LogP contribution in [0.4, 0.5) is 9.59 Å². The molecule has 12 heteroatoms. The molecule has 274 valence electrons. The SMILES string of the molecule is CC(=O)c1cc2c(OC(=O)OCCCCCCC(=O)OC(C)(C)C)c3ccccc3c(OC(=O)OCCCCCCC(=O)OC(C)(C)C)c2o1. The Bertz CT molecular complexity index is 1520. The molecule has 0 fully saturated rings. The van der Waals surface area contributed by atoms with Gasteiger partial charge in [-0.05, 0) is 73.3 Å². The van der Waals surface area contributed by atoms with Crippen LogP contribution >= 0.6 is 0 Å². The maximum atomic E-state index is 12.8. The molecule has 0 bridgehead atoms. The molecule has 3 aromatic rings. The zero-order valence-corrected chi connectivity index (χ0v) is 30.3. The lowest BCUT2D eigenvalue weighted by atomic mass is 10.1. The molecule has 3 rings (SSSR count). The van der Waals surface area contributed by atoms with Crippen LogP contribution in [-0.4, -0.2) is 54.4 Å². The molecule has 2 aromatic carbocycles. The molecule has 50 heavy (non-hydrogen) atoms. The monoisotopic (exact) mass is 698 g/mol. The van der Waals surface area contributed by atoms with Gasteiger partial charge in [-0.25, -0.2) is 9.59 Å². The Hall–Kier alpha value is -4.61. The summed E-state index contributed by atoms with van der Waals surface area (Å²) in [7, 11) is 0. The molecular weight excluding hydrogens is 648 g/mol. The third-order valence-corrected chi connectivity index (χ3v) is 7.15. The molecular formula is C38H50O12. The smallest absolute Gasteiger partial charge is 0.460 e. The highest BCUT2D eigenvalue weighted by Gasteiger charge is 2.26. The van der Waals surface area contributed by atoms with Gasteiger partial charge in [0.25, 0.3) is 0 Å². The molecule has 1 aromatic heterocycles. The van der Waals surface area contributed by atoms with Crippen molar-refractivity contribution in [1.29, 1.82) is 0 Å². The van der Waals surface area contributed by atoms with Gasteiger partial charge in [0, 0.05) is 30.5 Å². The standard InChI is InChI=1S/C38H50O12/c1-25(39)29-24-28-32(47-35(42)44-22-16-10-8-12-20-30(40)49-37(2,3)4)26-18-14-15-19-27(26)33(34(28)46-29)48-36(43)45-23-17-11-9-13-21-31(41)50-38(5,6)7/h14-15,18-19,24H,8-13,16-17,20-23H2,1-7H3. The average Bonchev–Trinajstić information content (AvgIpc) is 3.46. The fraction of sp³-hybridized carbons (Fsp3) is 0.553. The van der Waals surface area contributed by atoms with Crippen LogP contribution in [0.5, 0.6) is 11.5 Å². The molecule has 0 radical (unpaired) electrons. The Morgan fingerprint density at radius 2 is 1.04 bits per heavy atom. The molecule has 0 N–H and O–H groups in total. The van der Waals surface area contributed by atoms with Crippen LogP contribution in [0.15, 0.2) is 34.7 Å². The van der Waals surface area contributed by atoms with E-state index in [1.807, 2.05) is 41.5 Å². The largest absolute Gasteiger partial charge is 0.513 e. The summed E-state index contributed by atoms with van der Waals surface area (Å²) < 4.78 is 38.3. The molecule has 0 unspecified atom stereocenters. The minimum absolute atomic E-state index is 0.0116. The summed E-state index contributed by atoms with van der Waals surface area (Å²) in [6, 6.07) is 8.20. The summed E-state index contributed by atoms with van der Waals surface area (Å²) in [5.41, 5.74) is -1.00. The average molecular weight is 699 g/mol. The van der Waals surface area contributed by atoms with Crippen molar-refractivity contribution in [3.05, 3.63) is 36.1 Å². The van der Waals surface area contributed by atoms with E-state index in [0.29, 0.717) is 49.3 Å². The van der Waals surface area contributed by atoms with Gasteiger partial charge >= 0.3 is 24.2 Å². The summed E-state index contributed by atoms with van der Waals surface area (Å²) in [4.78, 5) is 61.5. The second-order valence-electron chi connectivity index (χ2n) is 14.0. The van der Waals surface area contributed by atoms with E-state index in [1.165, 1.54) is 13.0 Å². The third kappa shape index (κ3) is 13.4. The van der Waals surface area contributed by atoms with Crippen molar-refractivity contribution in [3.63, 3.8) is 0 Å². The number of hydrogen-bond donors (Lipinski definition) is 0. The van der Waals surface area contributed by atoms with Crippen molar-refractivity contribution in [1.82, 2.24) is 0 Å². The van der Waals surface area contributed by atoms with Crippen LogP contribution in [0.3, 0.4) is 0 Å². The van der Waals surface area contributed by atoms with E-state index in [-0.39, 0.29) is 59.2 Å². The summed E-state index contributed by atoms with van der Waals surface area (Å²) in [6.45, 7) is 12.5. The maximum absolute atomic E-state index is 12.8. The Morgan fingerprint density at radius 1 is 0.600 bits per heavy atom. The van der Waals surface area contributed by atoms with E-state index >= 15 is 0 Å². The molecule has 0 saturated carbocycles. The van der Waals surface area contributed by atoms with E-state index < -0.39 is 23.5 Å². The lowest BCUT2D eigenvalue weighted by Gasteiger charge is -2.19. The maximum Gasteiger partial charge on any atom is 0.513 e. The van der Waals surface area contributed by atoms with Gasteiger partial charge in [0.2, 0.25) is 0 Å². The number of esters is 2. The number of Topliss-reactive ketones (excluding diaryl/α,β-unsaturated/α-hetero) is 1. The van der Waals surface area contributed by atoms with Gasteiger partial charge in [0.05, 0.1) is 18.6 Å². The molecule has 0 saturated heterocycles.